The molecule has 1 heterocycles. The van der Waals surface area contributed by atoms with Crippen LogP contribution >= 0.6 is 0 Å². The Morgan fingerprint density at radius 2 is 1.59 bits per heavy atom. The summed E-state index contributed by atoms with van der Waals surface area (Å²) in [4.78, 5) is 11.8. The Kier molecular flexibility index (Phi) is 5.81. The van der Waals surface area contributed by atoms with Crippen molar-refractivity contribution < 1.29 is 28.8 Å². The second-order valence-corrected chi connectivity index (χ2v) is 7.87. The molecular weight excluding hydrogens is 372 g/mol. The summed E-state index contributed by atoms with van der Waals surface area (Å²) in [6.07, 6.45) is -0.791. The van der Waals surface area contributed by atoms with Gasteiger partial charge in [0.1, 0.15) is 0 Å². The van der Waals surface area contributed by atoms with E-state index >= 15 is 0 Å². The third-order valence-corrected chi connectivity index (χ3v) is 5.44. The van der Waals surface area contributed by atoms with Crippen molar-refractivity contribution in [1.29, 1.82) is 0 Å². The van der Waals surface area contributed by atoms with Gasteiger partial charge in [0, 0.05) is 12.8 Å². The summed E-state index contributed by atoms with van der Waals surface area (Å²) in [5.41, 5.74) is 0.750. The number of rotatable bonds is 7. The van der Waals surface area contributed by atoms with Gasteiger partial charge in [0.2, 0.25) is 0 Å². The second kappa shape index (κ2) is 8.34. The summed E-state index contributed by atoms with van der Waals surface area (Å²) in [5, 5.41) is 10.5. The molecule has 1 aliphatic heterocycles. The molecule has 0 radical (unpaired) electrons. The fourth-order valence-electron chi connectivity index (χ4n) is 3.91. The highest BCUT2D eigenvalue weighted by Gasteiger charge is 2.60. The maximum absolute atomic E-state index is 11.8. The highest BCUT2D eigenvalue weighted by atomic mass is 16.8. The molecule has 2 fully saturated rings. The summed E-state index contributed by atoms with van der Waals surface area (Å²) < 4.78 is 23.9. The van der Waals surface area contributed by atoms with Crippen LogP contribution in [0.5, 0.6) is 0 Å². The van der Waals surface area contributed by atoms with Crippen molar-refractivity contribution in [2.75, 3.05) is 0 Å². The van der Waals surface area contributed by atoms with Crippen LogP contribution in [0.4, 0.5) is 0 Å². The molecule has 0 aromatic heterocycles. The van der Waals surface area contributed by atoms with E-state index in [-0.39, 0.29) is 6.42 Å². The highest BCUT2D eigenvalue weighted by molar-refractivity contribution is 5.63. The normalized spacial score (nSPS) is 33.9. The second-order valence-electron chi connectivity index (χ2n) is 7.87. The zero-order chi connectivity index (χ0) is 20.3. The van der Waals surface area contributed by atoms with Gasteiger partial charge in [0.25, 0.3) is 0 Å². The van der Waals surface area contributed by atoms with Gasteiger partial charge < -0.3 is 24.1 Å². The van der Waals surface area contributed by atoms with Crippen LogP contribution in [0.3, 0.4) is 0 Å². The molecule has 1 N–H and O–H groups in total. The number of carbonyl (C=O) groups excluding carboxylic acids is 1. The average molecular weight is 398 g/mol. The van der Waals surface area contributed by atoms with Crippen LogP contribution in [0.25, 0.3) is 0 Å². The Bertz CT molecular complexity index is 813. The van der Waals surface area contributed by atoms with Crippen LogP contribution in [0, 0.1) is 0 Å². The lowest BCUT2D eigenvalue weighted by Gasteiger charge is -2.23. The molecule has 1 aliphatic carbocycles. The lowest BCUT2D eigenvalue weighted by atomic mass is 10.1. The maximum atomic E-state index is 11.8. The molecule has 1 saturated carbocycles. The third-order valence-electron chi connectivity index (χ3n) is 5.44. The first kappa shape index (κ1) is 20.2. The lowest BCUT2D eigenvalue weighted by molar-refractivity contribution is -0.214. The predicted molar refractivity (Wildman–Crippen MR) is 105 cm³/mol. The Labute approximate surface area is 170 Å². The number of hydrogen-bond donors (Lipinski definition) is 1. The Hall–Kier alpha value is -2.09. The molecule has 5 atom stereocenters. The van der Waals surface area contributed by atoms with Gasteiger partial charge in [0.15, 0.2) is 24.0 Å². The van der Waals surface area contributed by atoms with Crippen molar-refractivity contribution in [2.45, 2.75) is 62.9 Å². The maximum Gasteiger partial charge on any atom is 0.196 e. The fourth-order valence-corrected chi connectivity index (χ4v) is 3.91. The minimum Gasteiger partial charge on any atom is -0.390 e. The molecule has 6 heteroatoms. The monoisotopic (exact) mass is 398 g/mol. The molecule has 2 aromatic rings. The van der Waals surface area contributed by atoms with Crippen molar-refractivity contribution in [3.63, 3.8) is 0 Å². The minimum absolute atomic E-state index is 0.223. The number of aliphatic hydroxyl groups excluding tert-OH is 1. The standard InChI is InChI=1S/C23H26O6/c1-22(16-24)21(27-15-18-10-6-3-7-11-18)28-23(29-22)12-19(25)20(13-23)26-14-17-8-4-2-5-9-17/h2-11,16,19-21,25H,12-15H2,1H3/t19-,20-,21?,22?,23-/m1/s1. The zero-order valence-electron chi connectivity index (χ0n) is 16.4. The van der Waals surface area contributed by atoms with Gasteiger partial charge >= 0.3 is 0 Å². The quantitative estimate of drug-likeness (QED) is 0.723. The van der Waals surface area contributed by atoms with Gasteiger partial charge in [-0.05, 0) is 18.1 Å². The van der Waals surface area contributed by atoms with Crippen molar-refractivity contribution >= 4 is 6.29 Å². The Morgan fingerprint density at radius 1 is 1.00 bits per heavy atom. The van der Waals surface area contributed by atoms with Crippen molar-refractivity contribution in [2.24, 2.45) is 0 Å². The smallest absolute Gasteiger partial charge is 0.196 e. The van der Waals surface area contributed by atoms with E-state index in [0.29, 0.717) is 25.9 Å². The molecule has 2 aromatic carbocycles. The van der Waals surface area contributed by atoms with E-state index in [1.165, 1.54) is 0 Å². The van der Waals surface area contributed by atoms with Gasteiger partial charge in [-0.25, -0.2) is 0 Å². The van der Waals surface area contributed by atoms with Crippen LogP contribution in [0.2, 0.25) is 0 Å². The van der Waals surface area contributed by atoms with E-state index in [4.69, 9.17) is 18.9 Å². The molecular formula is C23H26O6. The molecule has 154 valence electrons. The molecule has 2 aliphatic rings. The van der Waals surface area contributed by atoms with Crippen LogP contribution in [0.1, 0.15) is 30.9 Å². The van der Waals surface area contributed by atoms with Gasteiger partial charge in [-0.15, -0.1) is 0 Å². The summed E-state index contributed by atoms with van der Waals surface area (Å²) in [6, 6.07) is 19.4. The molecule has 0 amide bonds. The van der Waals surface area contributed by atoms with E-state index in [1.54, 1.807) is 6.92 Å². The van der Waals surface area contributed by atoms with Gasteiger partial charge in [-0.1, -0.05) is 60.7 Å². The van der Waals surface area contributed by atoms with Crippen LogP contribution < -0.4 is 0 Å². The van der Waals surface area contributed by atoms with E-state index in [9.17, 15) is 9.90 Å². The highest BCUT2D eigenvalue weighted by Crippen LogP contribution is 2.47. The Balaban J connectivity index is 1.40. The van der Waals surface area contributed by atoms with Crippen molar-refractivity contribution in [3.8, 4) is 0 Å². The molecule has 2 unspecified atom stereocenters. The summed E-state index contributed by atoms with van der Waals surface area (Å²) in [5.74, 6) is -1.10. The first-order valence-corrected chi connectivity index (χ1v) is 9.85. The molecule has 6 nitrogen and oxygen atoms in total. The number of hydrogen-bond acceptors (Lipinski definition) is 6. The summed E-state index contributed by atoms with van der Waals surface area (Å²) in [7, 11) is 0. The van der Waals surface area contributed by atoms with Gasteiger partial charge in [0.05, 0.1) is 25.4 Å². The van der Waals surface area contributed by atoms with E-state index in [0.717, 1.165) is 11.1 Å². The first-order valence-electron chi connectivity index (χ1n) is 9.85. The van der Waals surface area contributed by atoms with Crippen LogP contribution in [-0.2, 0) is 37.0 Å². The topological polar surface area (TPSA) is 74.2 Å². The number of ether oxygens (including phenoxy) is 4. The fraction of sp³-hybridized carbons (Fsp3) is 0.435. The largest absolute Gasteiger partial charge is 0.390 e. The van der Waals surface area contributed by atoms with E-state index < -0.39 is 29.9 Å². The Morgan fingerprint density at radius 3 is 2.17 bits per heavy atom. The van der Waals surface area contributed by atoms with Crippen LogP contribution in [-0.4, -0.2) is 41.3 Å². The minimum atomic E-state index is -1.25. The number of aldehydes is 1. The number of carbonyl (C=O) groups is 1. The third kappa shape index (κ3) is 4.42. The molecule has 0 bridgehead atoms. The first-order chi connectivity index (χ1) is 14.0. The summed E-state index contributed by atoms with van der Waals surface area (Å²) in [6.45, 7) is 2.33. The summed E-state index contributed by atoms with van der Waals surface area (Å²) >= 11 is 0. The van der Waals surface area contributed by atoms with E-state index in [2.05, 4.69) is 0 Å². The van der Waals surface area contributed by atoms with Gasteiger partial charge in [-0.2, -0.15) is 0 Å². The lowest BCUT2D eigenvalue weighted by Crippen LogP contribution is -2.40. The molecule has 1 spiro atoms. The molecule has 4 rings (SSSR count). The number of aliphatic hydroxyl groups is 1. The van der Waals surface area contributed by atoms with Gasteiger partial charge in [-0.3, -0.25) is 4.79 Å². The average Bonchev–Trinajstić information content (AvgIpc) is 3.20. The van der Waals surface area contributed by atoms with Crippen molar-refractivity contribution in [1.82, 2.24) is 0 Å². The van der Waals surface area contributed by atoms with Crippen LogP contribution in [0.15, 0.2) is 60.7 Å². The molecule has 1 saturated heterocycles. The zero-order valence-corrected chi connectivity index (χ0v) is 16.4. The molecule has 29 heavy (non-hydrogen) atoms. The predicted octanol–water partition coefficient (Wildman–Crippen LogP) is 2.97. The van der Waals surface area contributed by atoms with E-state index in [1.807, 2.05) is 60.7 Å². The van der Waals surface area contributed by atoms with Crippen molar-refractivity contribution in [3.05, 3.63) is 71.8 Å². The number of benzene rings is 2. The SMILES string of the molecule is CC1(C=O)O[C@@]2(C[C@@H](O)[C@H](OCc3ccccc3)C2)OC1OCc1ccccc1.